The van der Waals surface area contributed by atoms with Gasteiger partial charge in [-0.1, -0.05) is 26.0 Å². The van der Waals surface area contributed by atoms with E-state index in [1.165, 1.54) is 12.1 Å². The quantitative estimate of drug-likeness (QED) is 0.245. The molecule has 3 aliphatic rings. The number of nitrogens with zero attached hydrogens (tertiary/aromatic N) is 8. The summed E-state index contributed by atoms with van der Waals surface area (Å²) in [6.07, 6.45) is 0.506. The first-order valence-electron chi connectivity index (χ1n) is 15.3. The van der Waals surface area contributed by atoms with Crippen LogP contribution in [-0.4, -0.2) is 78.3 Å². The highest BCUT2D eigenvalue weighted by atomic mass is 19.4. The fraction of sp³-hybridized carbons (Fsp3) is 0.600. The van der Waals surface area contributed by atoms with Crippen LogP contribution in [0.3, 0.4) is 0 Å². The molecule has 2 saturated heterocycles. The maximum absolute atomic E-state index is 14.0. The molecule has 44 heavy (non-hydrogen) atoms. The number of anilines is 1. The van der Waals surface area contributed by atoms with Gasteiger partial charge in [0, 0.05) is 51.2 Å². The molecule has 7 rings (SSSR count). The van der Waals surface area contributed by atoms with Gasteiger partial charge < -0.3 is 14.2 Å². The molecular weight excluding hydrogens is 583 g/mol. The molecule has 0 radical (unpaired) electrons. The largest absolute Gasteiger partial charge is 0.416 e. The van der Waals surface area contributed by atoms with Gasteiger partial charge in [0.1, 0.15) is 11.8 Å². The van der Waals surface area contributed by atoms with Gasteiger partial charge in [0.2, 0.25) is 5.92 Å². The van der Waals surface area contributed by atoms with E-state index < -0.39 is 23.7 Å². The third-order valence-corrected chi connectivity index (χ3v) is 8.88. The van der Waals surface area contributed by atoms with E-state index in [0.29, 0.717) is 48.9 Å². The third-order valence-electron chi connectivity index (χ3n) is 8.88. The van der Waals surface area contributed by atoms with E-state index in [4.69, 9.17) is 14.7 Å². The average molecular weight is 621 g/mol. The molecule has 0 bridgehead atoms. The van der Waals surface area contributed by atoms with E-state index in [9.17, 15) is 22.0 Å². The molecular formula is C30H37F5N8O. The van der Waals surface area contributed by atoms with E-state index in [0.717, 1.165) is 37.2 Å². The van der Waals surface area contributed by atoms with Crippen molar-refractivity contribution < 1.29 is 26.7 Å². The zero-order chi connectivity index (χ0) is 31.2. The van der Waals surface area contributed by atoms with E-state index in [2.05, 4.69) is 20.0 Å². The zero-order valence-electron chi connectivity index (χ0n) is 25.0. The molecule has 3 aromatic heterocycles. The SMILES string of the molecule is CC.CC1CN(C(c2ccc(C(F)(F)F)cc2)C2CC(F)(F)C2)CCN1c1nc2nncn2c2c1ncn2CC1CCCO1. The summed E-state index contributed by atoms with van der Waals surface area (Å²) in [5.41, 5.74) is 1.41. The molecule has 3 atom stereocenters. The second-order valence-electron chi connectivity index (χ2n) is 11.8. The number of ether oxygens (including phenoxy) is 1. The van der Waals surface area contributed by atoms with Gasteiger partial charge >= 0.3 is 6.18 Å². The second kappa shape index (κ2) is 11.8. The number of alkyl halides is 5. The number of fused-ring (bicyclic) bond motifs is 3. The van der Waals surface area contributed by atoms with Crippen LogP contribution in [0.15, 0.2) is 36.9 Å². The smallest absolute Gasteiger partial charge is 0.376 e. The van der Waals surface area contributed by atoms with Crippen LogP contribution in [0.4, 0.5) is 27.8 Å². The van der Waals surface area contributed by atoms with Crippen molar-refractivity contribution in [3.05, 3.63) is 48.0 Å². The first kappa shape index (κ1) is 30.6. The summed E-state index contributed by atoms with van der Waals surface area (Å²) < 4.78 is 77.3. The molecule has 4 aromatic rings. The monoisotopic (exact) mass is 620 g/mol. The fourth-order valence-corrected chi connectivity index (χ4v) is 6.86. The Morgan fingerprint density at radius 2 is 1.82 bits per heavy atom. The molecule has 1 aromatic carbocycles. The van der Waals surface area contributed by atoms with E-state index in [-0.39, 0.29) is 30.9 Å². The lowest BCUT2D eigenvalue weighted by Crippen LogP contribution is -2.56. The minimum atomic E-state index is -4.46. The molecule has 5 heterocycles. The van der Waals surface area contributed by atoms with Gasteiger partial charge in [0.05, 0.1) is 24.5 Å². The predicted octanol–water partition coefficient (Wildman–Crippen LogP) is 6.00. The van der Waals surface area contributed by atoms with E-state index >= 15 is 0 Å². The van der Waals surface area contributed by atoms with Crippen molar-refractivity contribution in [3.8, 4) is 0 Å². The van der Waals surface area contributed by atoms with Crippen LogP contribution in [-0.2, 0) is 17.5 Å². The van der Waals surface area contributed by atoms with Crippen LogP contribution < -0.4 is 4.90 Å². The maximum atomic E-state index is 14.0. The van der Waals surface area contributed by atoms with Gasteiger partial charge in [-0.15, -0.1) is 10.2 Å². The topological polar surface area (TPSA) is 76.6 Å². The molecule has 1 saturated carbocycles. The van der Waals surface area contributed by atoms with Gasteiger partial charge in [-0.05, 0) is 43.4 Å². The lowest BCUT2D eigenvalue weighted by atomic mass is 9.73. The maximum Gasteiger partial charge on any atom is 0.416 e. The van der Waals surface area contributed by atoms with Crippen LogP contribution in [0.2, 0.25) is 0 Å². The van der Waals surface area contributed by atoms with Crippen molar-refractivity contribution in [2.75, 3.05) is 31.1 Å². The van der Waals surface area contributed by atoms with Crippen molar-refractivity contribution in [3.63, 3.8) is 0 Å². The molecule has 9 nitrogen and oxygen atoms in total. The Bertz CT molecular complexity index is 1570. The molecule has 0 spiro atoms. The Morgan fingerprint density at radius 1 is 1.07 bits per heavy atom. The molecule has 2 aliphatic heterocycles. The lowest BCUT2D eigenvalue weighted by molar-refractivity contribution is -0.137. The van der Waals surface area contributed by atoms with Crippen LogP contribution in [0.5, 0.6) is 0 Å². The Balaban J connectivity index is 0.00000168. The van der Waals surface area contributed by atoms with Crippen molar-refractivity contribution in [2.24, 2.45) is 5.92 Å². The Hall–Kier alpha value is -3.39. The van der Waals surface area contributed by atoms with Crippen LogP contribution in [0, 0.1) is 5.92 Å². The number of hydrogen-bond donors (Lipinski definition) is 0. The molecule has 3 fully saturated rings. The van der Waals surface area contributed by atoms with Crippen molar-refractivity contribution in [2.45, 2.75) is 83.3 Å². The summed E-state index contributed by atoms with van der Waals surface area (Å²) in [6.45, 7) is 9.02. The molecule has 0 N–H and O–H groups in total. The summed E-state index contributed by atoms with van der Waals surface area (Å²) in [5, 5.41) is 8.27. The summed E-state index contributed by atoms with van der Waals surface area (Å²) in [7, 11) is 0. The molecule has 238 valence electrons. The Morgan fingerprint density at radius 3 is 2.45 bits per heavy atom. The van der Waals surface area contributed by atoms with E-state index in [1.807, 2.05) is 29.7 Å². The highest BCUT2D eigenvalue weighted by Gasteiger charge is 2.51. The van der Waals surface area contributed by atoms with E-state index in [1.54, 1.807) is 12.7 Å². The third kappa shape index (κ3) is 5.73. The number of hydrogen-bond acceptors (Lipinski definition) is 7. The lowest BCUT2D eigenvalue weighted by Gasteiger charge is -2.49. The fourth-order valence-electron chi connectivity index (χ4n) is 6.86. The number of piperazine rings is 1. The molecule has 1 aliphatic carbocycles. The number of benzene rings is 1. The number of imidazole rings is 1. The van der Waals surface area contributed by atoms with Gasteiger partial charge in [0.15, 0.2) is 11.5 Å². The standard InChI is InChI=1S/C28H31F5N8O.C2H6/c1-17-13-38(23(19-11-27(29,30)12-19)18-4-6-20(7-5-18)28(31,32)33)8-9-40(17)24-22-25(41-16-35-37-26(41)36-24)39(15-34-22)14-21-3-2-10-42-21;1-2/h4-7,15-17,19,21,23H,2-3,8-14H2,1H3;1-2H3. The van der Waals surface area contributed by atoms with Gasteiger partial charge in [-0.3, -0.25) is 4.90 Å². The van der Waals surface area contributed by atoms with Crippen LogP contribution in [0.25, 0.3) is 16.9 Å². The predicted molar refractivity (Wildman–Crippen MR) is 155 cm³/mol. The Labute approximate surface area is 252 Å². The highest BCUT2D eigenvalue weighted by molar-refractivity contribution is 5.86. The summed E-state index contributed by atoms with van der Waals surface area (Å²) in [4.78, 5) is 13.8. The average Bonchev–Trinajstić information content (AvgIpc) is 3.75. The minimum absolute atomic E-state index is 0.0827. The summed E-state index contributed by atoms with van der Waals surface area (Å²) in [6, 6.07) is 4.47. The zero-order valence-corrected chi connectivity index (χ0v) is 25.0. The van der Waals surface area contributed by atoms with Gasteiger partial charge in [-0.2, -0.15) is 18.2 Å². The molecule has 3 unspecified atom stereocenters. The summed E-state index contributed by atoms with van der Waals surface area (Å²) in [5.74, 6) is -1.97. The first-order valence-corrected chi connectivity index (χ1v) is 15.3. The highest BCUT2D eigenvalue weighted by Crippen LogP contribution is 2.51. The van der Waals surface area contributed by atoms with Crippen molar-refractivity contribution >= 4 is 22.8 Å². The molecule has 14 heteroatoms. The minimum Gasteiger partial charge on any atom is -0.376 e. The van der Waals surface area contributed by atoms with Crippen LogP contribution in [0.1, 0.15) is 63.6 Å². The first-order chi connectivity index (χ1) is 21.1. The number of halogens is 5. The van der Waals surface area contributed by atoms with Crippen molar-refractivity contribution in [1.29, 1.82) is 0 Å². The van der Waals surface area contributed by atoms with Crippen LogP contribution >= 0.6 is 0 Å². The Kier molecular flexibility index (Phi) is 8.24. The summed E-state index contributed by atoms with van der Waals surface area (Å²) >= 11 is 0. The number of aromatic nitrogens is 6. The normalized spacial score (nSPS) is 23.5. The van der Waals surface area contributed by atoms with Gasteiger partial charge in [0.25, 0.3) is 5.78 Å². The second-order valence-corrected chi connectivity index (χ2v) is 11.8. The molecule has 0 amide bonds. The number of rotatable bonds is 6. The van der Waals surface area contributed by atoms with Gasteiger partial charge in [-0.25, -0.2) is 18.2 Å². The van der Waals surface area contributed by atoms with Crippen molar-refractivity contribution in [1.82, 2.24) is 34.0 Å².